The Hall–Kier alpha value is -1.02. The molecule has 0 bridgehead atoms. The Morgan fingerprint density at radius 3 is 2.84 bits per heavy atom. The lowest BCUT2D eigenvalue weighted by Gasteiger charge is -2.26. The van der Waals surface area contributed by atoms with E-state index in [-0.39, 0.29) is 0 Å². The molecule has 0 saturated carbocycles. The Morgan fingerprint density at radius 2 is 2.11 bits per heavy atom. The maximum atomic E-state index is 3.56. The molecule has 1 aromatic rings. The second-order valence-electron chi connectivity index (χ2n) is 6.30. The first-order valence-corrected chi connectivity index (χ1v) is 7.83. The largest absolute Gasteiger partial charge is 0.384 e. The topological polar surface area (TPSA) is 15.3 Å². The maximum absolute atomic E-state index is 3.56. The van der Waals surface area contributed by atoms with E-state index in [1.807, 2.05) is 0 Å². The first-order valence-electron chi connectivity index (χ1n) is 7.83. The van der Waals surface area contributed by atoms with Crippen molar-refractivity contribution in [2.45, 2.75) is 46.1 Å². The number of likely N-dealkylation sites (tertiary alicyclic amines) is 1. The Morgan fingerprint density at radius 1 is 1.26 bits per heavy atom. The van der Waals surface area contributed by atoms with Crippen LogP contribution in [-0.2, 0) is 13.0 Å². The van der Waals surface area contributed by atoms with Crippen LogP contribution in [0.3, 0.4) is 0 Å². The van der Waals surface area contributed by atoms with E-state index in [1.54, 1.807) is 0 Å². The fourth-order valence-corrected chi connectivity index (χ4v) is 3.77. The summed E-state index contributed by atoms with van der Waals surface area (Å²) in [6.07, 6.45) is 5.22. The average molecular weight is 258 g/mol. The lowest BCUT2D eigenvalue weighted by Crippen LogP contribution is -2.26. The van der Waals surface area contributed by atoms with Gasteiger partial charge in [0.15, 0.2) is 0 Å². The van der Waals surface area contributed by atoms with Gasteiger partial charge in [0.2, 0.25) is 0 Å². The van der Waals surface area contributed by atoms with Crippen LogP contribution in [0, 0.1) is 5.41 Å². The third kappa shape index (κ3) is 2.38. The number of anilines is 1. The van der Waals surface area contributed by atoms with Crippen LogP contribution >= 0.6 is 0 Å². The van der Waals surface area contributed by atoms with Gasteiger partial charge in [-0.1, -0.05) is 32.0 Å². The van der Waals surface area contributed by atoms with Gasteiger partial charge in [0.25, 0.3) is 0 Å². The molecule has 0 atom stereocenters. The average Bonchev–Trinajstić information content (AvgIpc) is 3.06. The molecule has 2 nitrogen and oxygen atoms in total. The van der Waals surface area contributed by atoms with Gasteiger partial charge >= 0.3 is 0 Å². The van der Waals surface area contributed by atoms with Crippen molar-refractivity contribution in [1.29, 1.82) is 0 Å². The number of fused-ring (bicyclic) bond motifs is 1. The smallest absolute Gasteiger partial charge is 0.0419 e. The summed E-state index contributed by atoms with van der Waals surface area (Å²) in [6.45, 7) is 9.50. The predicted octanol–water partition coefficient (Wildman–Crippen LogP) is 3.67. The first kappa shape index (κ1) is 13.0. The molecule has 2 heteroatoms. The zero-order valence-corrected chi connectivity index (χ0v) is 12.3. The molecule has 1 N–H and O–H groups in total. The van der Waals surface area contributed by atoms with E-state index in [9.17, 15) is 0 Å². The zero-order valence-electron chi connectivity index (χ0n) is 12.3. The van der Waals surface area contributed by atoms with Crippen molar-refractivity contribution in [1.82, 2.24) is 4.90 Å². The van der Waals surface area contributed by atoms with Gasteiger partial charge in [0, 0.05) is 25.3 Å². The van der Waals surface area contributed by atoms with Crippen LogP contribution < -0.4 is 5.32 Å². The summed E-state index contributed by atoms with van der Waals surface area (Å²) in [6, 6.07) is 6.80. The second-order valence-corrected chi connectivity index (χ2v) is 6.30. The van der Waals surface area contributed by atoms with Crippen LogP contribution in [-0.4, -0.2) is 24.5 Å². The molecule has 19 heavy (non-hydrogen) atoms. The first-order chi connectivity index (χ1) is 9.26. The fraction of sp³-hybridized carbons (Fsp3) is 0.647. The zero-order chi connectivity index (χ0) is 13.3. The number of benzene rings is 1. The number of nitrogens with zero attached hydrogens (tertiary/aromatic N) is 1. The molecule has 1 fully saturated rings. The molecule has 104 valence electrons. The Kier molecular flexibility index (Phi) is 3.53. The quantitative estimate of drug-likeness (QED) is 0.886. The van der Waals surface area contributed by atoms with Crippen molar-refractivity contribution < 1.29 is 0 Å². The van der Waals surface area contributed by atoms with Gasteiger partial charge < -0.3 is 5.32 Å². The minimum Gasteiger partial charge on any atom is -0.384 e. The second kappa shape index (κ2) is 5.16. The van der Waals surface area contributed by atoms with Crippen molar-refractivity contribution in [3.05, 3.63) is 29.3 Å². The van der Waals surface area contributed by atoms with Gasteiger partial charge in [0.1, 0.15) is 0 Å². The summed E-state index contributed by atoms with van der Waals surface area (Å²) in [5, 5.41) is 3.56. The highest BCUT2D eigenvalue weighted by Crippen LogP contribution is 2.38. The minimum absolute atomic E-state index is 0.589. The molecule has 0 aromatic heterocycles. The lowest BCUT2D eigenvalue weighted by molar-refractivity contribution is 0.236. The van der Waals surface area contributed by atoms with E-state index in [2.05, 4.69) is 42.3 Å². The van der Waals surface area contributed by atoms with Crippen LogP contribution in [0.15, 0.2) is 18.2 Å². The summed E-state index contributed by atoms with van der Waals surface area (Å²) in [4.78, 5) is 2.66. The summed E-state index contributed by atoms with van der Waals surface area (Å²) < 4.78 is 0. The number of hydrogen-bond donors (Lipinski definition) is 1. The van der Waals surface area contributed by atoms with Gasteiger partial charge in [-0.2, -0.15) is 0 Å². The molecule has 2 heterocycles. The van der Waals surface area contributed by atoms with Gasteiger partial charge in [-0.3, -0.25) is 4.90 Å². The molecule has 1 aromatic carbocycles. The number of nitrogens with one attached hydrogen (secondary N) is 1. The summed E-state index contributed by atoms with van der Waals surface area (Å²) in [5.41, 5.74) is 5.02. The van der Waals surface area contributed by atoms with Crippen LogP contribution in [0.5, 0.6) is 0 Å². The highest BCUT2D eigenvalue weighted by Gasteiger charge is 2.34. The van der Waals surface area contributed by atoms with Crippen LogP contribution in [0.2, 0.25) is 0 Å². The van der Waals surface area contributed by atoms with Crippen molar-refractivity contribution in [3.63, 3.8) is 0 Å². The molecule has 0 unspecified atom stereocenters. The molecule has 3 rings (SSSR count). The van der Waals surface area contributed by atoms with Crippen LogP contribution in [0.1, 0.15) is 44.2 Å². The molecular weight excluding hydrogens is 232 g/mol. The molecule has 0 aliphatic carbocycles. The molecular formula is C17H26N2. The number of para-hydroxylation sites is 1. The third-order valence-electron chi connectivity index (χ3n) is 5.34. The number of rotatable bonds is 4. The molecule has 1 saturated heterocycles. The molecule has 0 amide bonds. The van der Waals surface area contributed by atoms with Gasteiger partial charge in [-0.25, -0.2) is 0 Å². The van der Waals surface area contributed by atoms with Crippen molar-refractivity contribution in [2.75, 3.05) is 25.0 Å². The van der Waals surface area contributed by atoms with E-state index in [1.165, 1.54) is 55.6 Å². The van der Waals surface area contributed by atoms with E-state index in [4.69, 9.17) is 0 Å². The highest BCUT2D eigenvalue weighted by atomic mass is 15.2. The monoisotopic (exact) mass is 258 g/mol. The molecule has 2 aliphatic rings. The Balaban J connectivity index is 1.72. The van der Waals surface area contributed by atoms with E-state index >= 15 is 0 Å². The predicted molar refractivity (Wildman–Crippen MR) is 81.5 cm³/mol. The Bertz CT molecular complexity index is 449. The SMILES string of the molecule is CCC1(CC)CCN(Cc2cccc3c2NCC3)C1. The van der Waals surface area contributed by atoms with Gasteiger partial charge in [-0.15, -0.1) is 0 Å². The summed E-state index contributed by atoms with van der Waals surface area (Å²) in [5.74, 6) is 0. The summed E-state index contributed by atoms with van der Waals surface area (Å²) >= 11 is 0. The standard InChI is InChI=1S/C17H26N2/c1-3-17(4-2)9-11-19(13-17)12-15-7-5-6-14-8-10-18-16(14)15/h5-7,18H,3-4,8-13H2,1-2H3. The van der Waals surface area contributed by atoms with Gasteiger partial charge in [-0.05, 0) is 48.8 Å². The highest BCUT2D eigenvalue weighted by molar-refractivity contribution is 5.61. The van der Waals surface area contributed by atoms with Gasteiger partial charge in [0.05, 0.1) is 0 Å². The van der Waals surface area contributed by atoms with E-state index in [0.29, 0.717) is 5.41 Å². The van der Waals surface area contributed by atoms with Crippen molar-refractivity contribution >= 4 is 5.69 Å². The normalized spacial score (nSPS) is 21.4. The lowest BCUT2D eigenvalue weighted by atomic mass is 9.82. The van der Waals surface area contributed by atoms with Crippen LogP contribution in [0.25, 0.3) is 0 Å². The molecule has 0 spiro atoms. The molecule has 0 radical (unpaired) electrons. The third-order valence-corrected chi connectivity index (χ3v) is 5.34. The Labute approximate surface area is 117 Å². The van der Waals surface area contributed by atoms with Crippen LogP contribution in [0.4, 0.5) is 5.69 Å². The summed E-state index contributed by atoms with van der Waals surface area (Å²) in [7, 11) is 0. The number of hydrogen-bond acceptors (Lipinski definition) is 2. The molecule has 2 aliphatic heterocycles. The van der Waals surface area contributed by atoms with Crippen molar-refractivity contribution in [2.24, 2.45) is 5.41 Å². The fourth-order valence-electron chi connectivity index (χ4n) is 3.77. The van der Waals surface area contributed by atoms with E-state index < -0.39 is 0 Å². The van der Waals surface area contributed by atoms with Crippen molar-refractivity contribution in [3.8, 4) is 0 Å². The maximum Gasteiger partial charge on any atom is 0.0419 e. The van der Waals surface area contributed by atoms with E-state index in [0.717, 1.165) is 13.1 Å². The minimum atomic E-state index is 0.589.